The molecule has 0 saturated heterocycles. The van der Waals surface area contributed by atoms with E-state index in [9.17, 15) is 8.76 Å². The molecule has 0 radical (unpaired) electrons. The molecule has 5 nitrogen and oxygen atoms in total. The van der Waals surface area contributed by atoms with Crippen molar-refractivity contribution in [2.75, 3.05) is 12.1 Å². The number of pyridine rings is 1. The summed E-state index contributed by atoms with van der Waals surface area (Å²) < 4.78 is 25.4. The van der Waals surface area contributed by atoms with Crippen LogP contribution in [0.1, 0.15) is 0 Å². The van der Waals surface area contributed by atoms with Crippen molar-refractivity contribution in [2.45, 2.75) is 0 Å². The van der Waals surface area contributed by atoms with Gasteiger partial charge in [0.1, 0.15) is 11.4 Å². The summed E-state index contributed by atoms with van der Waals surface area (Å²) in [4.78, 5) is 4.19. The van der Waals surface area contributed by atoms with Crippen LogP contribution in [0.2, 0.25) is 0 Å². The van der Waals surface area contributed by atoms with E-state index in [2.05, 4.69) is 9.27 Å². The molecule has 0 N–H and O–H groups in total. The molecule has 0 spiro atoms. The first-order valence-electron chi connectivity index (χ1n) is 4.53. The van der Waals surface area contributed by atoms with E-state index in [0.29, 0.717) is 11.2 Å². The monoisotopic (exact) mass is 237 g/mol. The Morgan fingerprint density at radius 1 is 1.38 bits per heavy atom. The van der Waals surface area contributed by atoms with Crippen molar-refractivity contribution in [2.24, 2.45) is 0 Å². The minimum absolute atomic E-state index is 0.599. The van der Waals surface area contributed by atoms with Crippen LogP contribution < -0.4 is 5.06 Å². The van der Waals surface area contributed by atoms with Gasteiger partial charge in [-0.3, -0.25) is 4.98 Å². The Labute approximate surface area is 95.1 Å². The maximum absolute atomic E-state index is 10.4. The molecule has 6 heteroatoms. The molecule has 0 fully saturated rings. The fraction of sp³-hybridized carbons (Fsp3) is 0.100. The minimum Gasteiger partial charge on any atom is -0.748 e. The van der Waals surface area contributed by atoms with Crippen molar-refractivity contribution in [3.05, 3.63) is 36.5 Å². The Bertz CT molecular complexity index is 527. The first-order valence-corrected chi connectivity index (χ1v) is 5.53. The third kappa shape index (κ3) is 2.19. The molecule has 0 aliphatic rings. The van der Waals surface area contributed by atoms with Crippen LogP contribution in [0.15, 0.2) is 36.5 Å². The lowest BCUT2D eigenvalue weighted by atomic mass is 10.2. The third-order valence-corrected chi connectivity index (χ3v) is 2.47. The molecular weight excluding hydrogens is 228 g/mol. The molecule has 0 aliphatic heterocycles. The van der Waals surface area contributed by atoms with E-state index in [0.717, 1.165) is 5.39 Å². The molecule has 16 heavy (non-hydrogen) atoms. The average Bonchev–Trinajstić information content (AvgIpc) is 2.27. The van der Waals surface area contributed by atoms with Crippen LogP contribution in [-0.2, 0) is 15.6 Å². The highest BCUT2D eigenvalue weighted by Gasteiger charge is 2.07. The van der Waals surface area contributed by atoms with Gasteiger partial charge in [0.2, 0.25) is 0 Å². The van der Waals surface area contributed by atoms with E-state index < -0.39 is 11.4 Å². The van der Waals surface area contributed by atoms with Crippen molar-refractivity contribution in [1.82, 2.24) is 4.98 Å². The predicted octanol–water partition coefficient (Wildman–Crippen LogP) is 1.40. The second-order valence-corrected chi connectivity index (χ2v) is 3.69. The van der Waals surface area contributed by atoms with Gasteiger partial charge in [-0.25, -0.2) is 9.27 Å². The van der Waals surface area contributed by atoms with Gasteiger partial charge in [-0.05, 0) is 12.1 Å². The Kier molecular flexibility index (Phi) is 3.14. The van der Waals surface area contributed by atoms with Gasteiger partial charge in [-0.15, -0.1) is 0 Å². The Morgan fingerprint density at radius 3 is 2.88 bits per heavy atom. The molecule has 0 amide bonds. The molecule has 84 valence electrons. The number of hydroxylamine groups is 1. The number of nitrogens with zero attached hydrogens (tertiary/aromatic N) is 2. The molecule has 1 atom stereocenters. The fourth-order valence-electron chi connectivity index (χ4n) is 1.47. The van der Waals surface area contributed by atoms with Crippen LogP contribution in [0.3, 0.4) is 0 Å². The fourth-order valence-corrected chi connectivity index (χ4v) is 1.74. The number of para-hydroxylation sites is 1. The Hall–Kier alpha value is -1.50. The zero-order valence-corrected chi connectivity index (χ0v) is 9.31. The molecule has 1 aromatic heterocycles. The summed E-state index contributed by atoms with van der Waals surface area (Å²) in [6, 6.07) is 9.16. The SMILES string of the molecule is CN(OS(=O)[O-])c1cccc2cccnc12. The van der Waals surface area contributed by atoms with Crippen molar-refractivity contribution in [3.63, 3.8) is 0 Å². The lowest BCUT2D eigenvalue weighted by Gasteiger charge is -2.19. The largest absolute Gasteiger partial charge is 0.748 e. The lowest BCUT2D eigenvalue weighted by Crippen LogP contribution is -2.19. The zero-order valence-electron chi connectivity index (χ0n) is 8.49. The van der Waals surface area contributed by atoms with Crippen LogP contribution >= 0.6 is 0 Å². The van der Waals surface area contributed by atoms with Crippen molar-refractivity contribution in [1.29, 1.82) is 0 Å². The molecule has 2 aromatic rings. The van der Waals surface area contributed by atoms with Gasteiger partial charge in [0.05, 0.1) is 11.2 Å². The molecule has 0 saturated carbocycles. The molecular formula is C10H9N2O3S-. The molecule has 2 rings (SSSR count). The van der Waals surface area contributed by atoms with Crippen LogP contribution in [0.4, 0.5) is 5.69 Å². The zero-order chi connectivity index (χ0) is 11.5. The molecule has 0 bridgehead atoms. The lowest BCUT2D eigenvalue weighted by molar-refractivity contribution is 0.290. The number of benzene rings is 1. The van der Waals surface area contributed by atoms with E-state index >= 15 is 0 Å². The highest BCUT2D eigenvalue weighted by Crippen LogP contribution is 2.23. The Balaban J connectivity index is 2.47. The topological polar surface area (TPSA) is 65.5 Å². The molecule has 1 aromatic carbocycles. The summed E-state index contributed by atoms with van der Waals surface area (Å²) in [5, 5.41) is 2.09. The summed E-state index contributed by atoms with van der Waals surface area (Å²) in [5.74, 6) is 0. The Morgan fingerprint density at radius 2 is 2.12 bits per heavy atom. The molecule has 1 heterocycles. The minimum atomic E-state index is -2.59. The van der Waals surface area contributed by atoms with Crippen LogP contribution in [-0.4, -0.2) is 20.8 Å². The van der Waals surface area contributed by atoms with Gasteiger partial charge in [-0.1, -0.05) is 18.2 Å². The van der Waals surface area contributed by atoms with E-state index in [1.807, 2.05) is 24.3 Å². The highest BCUT2D eigenvalue weighted by atomic mass is 32.2. The number of rotatable bonds is 3. The van der Waals surface area contributed by atoms with Gasteiger partial charge in [0.15, 0.2) is 0 Å². The maximum Gasteiger partial charge on any atom is 0.112 e. The third-order valence-electron chi connectivity index (χ3n) is 2.12. The van der Waals surface area contributed by atoms with E-state index in [-0.39, 0.29) is 0 Å². The van der Waals surface area contributed by atoms with Gasteiger partial charge >= 0.3 is 0 Å². The van der Waals surface area contributed by atoms with E-state index in [1.165, 1.54) is 12.1 Å². The maximum atomic E-state index is 10.4. The summed E-state index contributed by atoms with van der Waals surface area (Å²) in [6.45, 7) is 0. The van der Waals surface area contributed by atoms with Gasteiger partial charge < -0.3 is 4.55 Å². The summed E-state index contributed by atoms with van der Waals surface area (Å²) in [7, 11) is 1.51. The van der Waals surface area contributed by atoms with Crippen molar-refractivity contribution < 1.29 is 13.0 Å². The number of hydrogen-bond acceptors (Lipinski definition) is 5. The van der Waals surface area contributed by atoms with E-state index in [1.54, 1.807) is 12.3 Å². The highest BCUT2D eigenvalue weighted by molar-refractivity contribution is 7.74. The normalized spacial score (nSPS) is 12.6. The van der Waals surface area contributed by atoms with Crippen molar-refractivity contribution in [3.8, 4) is 0 Å². The van der Waals surface area contributed by atoms with Gasteiger partial charge in [-0.2, -0.15) is 4.28 Å². The number of fused-ring (bicyclic) bond motifs is 1. The van der Waals surface area contributed by atoms with Crippen LogP contribution in [0, 0.1) is 0 Å². The first kappa shape index (κ1) is 11.0. The summed E-state index contributed by atoms with van der Waals surface area (Å²) in [6.07, 6.45) is 1.65. The number of aromatic nitrogens is 1. The molecule has 0 aliphatic carbocycles. The van der Waals surface area contributed by atoms with E-state index in [4.69, 9.17) is 0 Å². The van der Waals surface area contributed by atoms with Gasteiger partial charge in [0.25, 0.3) is 0 Å². The molecule has 1 unspecified atom stereocenters. The smallest absolute Gasteiger partial charge is 0.112 e. The standard InChI is InChI=1S/C10H10N2O3S/c1-12(15-16(13)14)9-6-2-4-8-5-3-7-11-10(8)9/h2-7H,1H3,(H,13,14)/p-1. The second kappa shape index (κ2) is 4.56. The van der Waals surface area contributed by atoms with Crippen LogP contribution in [0.5, 0.6) is 0 Å². The number of anilines is 1. The van der Waals surface area contributed by atoms with Crippen molar-refractivity contribution >= 4 is 28.0 Å². The van der Waals surface area contributed by atoms with Gasteiger partial charge in [0, 0.05) is 18.6 Å². The number of hydrogen-bond donors (Lipinski definition) is 0. The average molecular weight is 237 g/mol. The summed E-state index contributed by atoms with van der Waals surface area (Å²) in [5.41, 5.74) is 1.29. The first-order chi connectivity index (χ1) is 7.68. The summed E-state index contributed by atoms with van der Waals surface area (Å²) >= 11 is -2.59. The predicted molar refractivity (Wildman–Crippen MR) is 60.2 cm³/mol. The quantitative estimate of drug-likeness (QED) is 0.596. The van der Waals surface area contributed by atoms with Crippen LogP contribution in [0.25, 0.3) is 10.9 Å². The second-order valence-electron chi connectivity index (χ2n) is 3.13.